The molecule has 1 saturated heterocycles. The molecule has 162 valence electrons. The highest BCUT2D eigenvalue weighted by atomic mass is 35.5. The van der Waals surface area contributed by atoms with Crippen LogP contribution in [0.2, 0.25) is 10.0 Å². The van der Waals surface area contributed by atoms with E-state index in [4.69, 9.17) is 27.9 Å². The van der Waals surface area contributed by atoms with Crippen LogP contribution in [0.15, 0.2) is 42.5 Å². The van der Waals surface area contributed by atoms with Crippen LogP contribution in [0.5, 0.6) is 0 Å². The van der Waals surface area contributed by atoms with Gasteiger partial charge in [-0.1, -0.05) is 41.4 Å². The van der Waals surface area contributed by atoms with Gasteiger partial charge in [-0.25, -0.2) is 0 Å². The molecule has 4 nitrogen and oxygen atoms in total. The number of hydrogen-bond acceptors (Lipinski definition) is 4. The quantitative estimate of drug-likeness (QED) is 0.652. The molecule has 2 aromatic carbocycles. The third kappa shape index (κ3) is 4.63. The lowest BCUT2D eigenvalue weighted by molar-refractivity contribution is 0.0141. The second-order valence-electron chi connectivity index (χ2n) is 8.62. The molecule has 2 aliphatic rings. The predicted molar refractivity (Wildman–Crippen MR) is 126 cm³/mol. The van der Waals surface area contributed by atoms with Gasteiger partial charge in [0.2, 0.25) is 0 Å². The third-order valence-corrected chi connectivity index (χ3v) is 6.84. The van der Waals surface area contributed by atoms with Crippen molar-refractivity contribution in [2.45, 2.75) is 31.8 Å². The smallest absolute Gasteiger partial charge is 0.0698 e. The number of morpholine rings is 1. The van der Waals surface area contributed by atoms with Crippen LogP contribution in [-0.2, 0) is 16.7 Å². The van der Waals surface area contributed by atoms with E-state index in [-0.39, 0.29) is 5.54 Å². The number of ether oxygens (including phenoxy) is 1. The fourth-order valence-corrected chi connectivity index (χ4v) is 5.33. The SMILES string of the molecule is CC(C)N(CCN1CCOCC1)C1(Cc2cccc(Cl)c2)CNc2cc(Cl)ccc21. The van der Waals surface area contributed by atoms with Crippen molar-refractivity contribution >= 4 is 28.9 Å². The average molecular weight is 448 g/mol. The van der Waals surface area contributed by atoms with Gasteiger partial charge in [-0.3, -0.25) is 9.80 Å². The van der Waals surface area contributed by atoms with Crippen LogP contribution < -0.4 is 5.32 Å². The van der Waals surface area contributed by atoms with E-state index >= 15 is 0 Å². The maximum absolute atomic E-state index is 6.34. The minimum atomic E-state index is -0.148. The summed E-state index contributed by atoms with van der Waals surface area (Å²) in [6.07, 6.45) is 0.899. The highest BCUT2D eigenvalue weighted by molar-refractivity contribution is 6.31. The molecule has 1 N–H and O–H groups in total. The summed E-state index contributed by atoms with van der Waals surface area (Å²) in [5, 5.41) is 5.20. The Bertz CT molecular complexity index is 869. The van der Waals surface area contributed by atoms with E-state index < -0.39 is 0 Å². The number of hydrogen-bond donors (Lipinski definition) is 1. The van der Waals surface area contributed by atoms with E-state index in [0.717, 1.165) is 68.1 Å². The van der Waals surface area contributed by atoms with Gasteiger partial charge >= 0.3 is 0 Å². The van der Waals surface area contributed by atoms with Crippen LogP contribution in [0.1, 0.15) is 25.0 Å². The van der Waals surface area contributed by atoms with Crippen molar-refractivity contribution in [2.75, 3.05) is 51.3 Å². The van der Waals surface area contributed by atoms with Crippen LogP contribution in [0.25, 0.3) is 0 Å². The van der Waals surface area contributed by atoms with Gasteiger partial charge in [0.05, 0.1) is 18.8 Å². The van der Waals surface area contributed by atoms with Crippen molar-refractivity contribution in [2.24, 2.45) is 0 Å². The monoisotopic (exact) mass is 447 g/mol. The molecule has 0 bridgehead atoms. The Morgan fingerprint density at radius 1 is 1.10 bits per heavy atom. The molecule has 0 spiro atoms. The number of benzene rings is 2. The Morgan fingerprint density at radius 3 is 2.60 bits per heavy atom. The highest BCUT2D eigenvalue weighted by Crippen LogP contribution is 2.44. The number of fused-ring (bicyclic) bond motifs is 1. The van der Waals surface area contributed by atoms with Crippen molar-refractivity contribution in [3.63, 3.8) is 0 Å². The van der Waals surface area contributed by atoms with Gasteiger partial charge in [0.15, 0.2) is 0 Å². The second kappa shape index (κ2) is 9.46. The van der Waals surface area contributed by atoms with Gasteiger partial charge in [0.1, 0.15) is 0 Å². The Labute approximate surface area is 190 Å². The van der Waals surface area contributed by atoms with E-state index in [1.165, 1.54) is 11.1 Å². The van der Waals surface area contributed by atoms with Gasteiger partial charge in [0.25, 0.3) is 0 Å². The zero-order valence-electron chi connectivity index (χ0n) is 17.8. The molecule has 4 rings (SSSR count). The minimum absolute atomic E-state index is 0.148. The fourth-order valence-electron chi connectivity index (χ4n) is 4.95. The minimum Gasteiger partial charge on any atom is -0.382 e. The maximum atomic E-state index is 6.34. The first-order valence-corrected chi connectivity index (χ1v) is 11.6. The number of halogens is 2. The van der Waals surface area contributed by atoms with Crippen LogP contribution in [-0.4, -0.2) is 61.8 Å². The average Bonchev–Trinajstić information content (AvgIpc) is 3.07. The first-order chi connectivity index (χ1) is 14.5. The number of nitrogens with zero attached hydrogens (tertiary/aromatic N) is 2. The molecule has 1 atom stereocenters. The first kappa shape index (κ1) is 21.9. The molecule has 1 unspecified atom stereocenters. The summed E-state index contributed by atoms with van der Waals surface area (Å²) >= 11 is 12.6. The molecule has 6 heteroatoms. The Morgan fingerprint density at radius 2 is 1.87 bits per heavy atom. The van der Waals surface area contributed by atoms with Gasteiger partial charge < -0.3 is 10.1 Å². The maximum Gasteiger partial charge on any atom is 0.0698 e. The molecular weight excluding hydrogens is 417 g/mol. The van der Waals surface area contributed by atoms with Crippen molar-refractivity contribution in [1.29, 1.82) is 0 Å². The molecule has 0 aromatic heterocycles. The number of anilines is 1. The highest BCUT2D eigenvalue weighted by Gasteiger charge is 2.45. The summed E-state index contributed by atoms with van der Waals surface area (Å²) in [7, 11) is 0. The van der Waals surface area contributed by atoms with E-state index in [9.17, 15) is 0 Å². The molecule has 0 saturated carbocycles. The second-order valence-corrected chi connectivity index (χ2v) is 9.50. The largest absolute Gasteiger partial charge is 0.382 e. The normalized spacial score (nSPS) is 21.8. The van der Waals surface area contributed by atoms with Crippen molar-refractivity contribution in [3.8, 4) is 0 Å². The van der Waals surface area contributed by atoms with E-state index in [1.54, 1.807) is 0 Å². The molecule has 30 heavy (non-hydrogen) atoms. The van der Waals surface area contributed by atoms with Gasteiger partial charge in [-0.2, -0.15) is 0 Å². The van der Waals surface area contributed by atoms with Gasteiger partial charge in [-0.05, 0) is 55.7 Å². The summed E-state index contributed by atoms with van der Waals surface area (Å²) in [6, 6.07) is 14.9. The summed E-state index contributed by atoms with van der Waals surface area (Å²) in [4.78, 5) is 5.17. The molecule has 2 heterocycles. The first-order valence-electron chi connectivity index (χ1n) is 10.8. The molecule has 0 aliphatic carbocycles. The zero-order valence-corrected chi connectivity index (χ0v) is 19.3. The summed E-state index contributed by atoms with van der Waals surface area (Å²) < 4.78 is 5.53. The summed E-state index contributed by atoms with van der Waals surface area (Å²) in [6.45, 7) is 11.2. The van der Waals surface area contributed by atoms with Crippen LogP contribution >= 0.6 is 23.2 Å². The molecular formula is C24H31Cl2N3O. The Hall–Kier alpha value is -1.30. The van der Waals surface area contributed by atoms with E-state index in [1.807, 2.05) is 18.2 Å². The van der Waals surface area contributed by atoms with E-state index in [0.29, 0.717) is 6.04 Å². The predicted octanol–water partition coefficient (Wildman–Crippen LogP) is 4.90. The molecule has 2 aliphatic heterocycles. The molecule has 2 aromatic rings. The van der Waals surface area contributed by atoms with Crippen LogP contribution in [0, 0.1) is 0 Å². The van der Waals surface area contributed by atoms with E-state index in [2.05, 4.69) is 53.2 Å². The topological polar surface area (TPSA) is 27.7 Å². The fraction of sp³-hybridized carbons (Fsp3) is 0.500. The molecule has 0 radical (unpaired) electrons. The molecule has 0 amide bonds. The Kier molecular flexibility index (Phi) is 6.91. The lowest BCUT2D eigenvalue weighted by atomic mass is 9.82. The van der Waals surface area contributed by atoms with Crippen molar-refractivity contribution < 1.29 is 4.74 Å². The van der Waals surface area contributed by atoms with Crippen molar-refractivity contribution in [3.05, 3.63) is 63.6 Å². The molecule has 1 fully saturated rings. The van der Waals surface area contributed by atoms with Crippen LogP contribution in [0.4, 0.5) is 5.69 Å². The van der Waals surface area contributed by atoms with Gasteiger partial charge in [0, 0.05) is 54.5 Å². The standard InChI is InChI=1S/C24H31Cl2N3O/c1-18(2)29(9-8-28-10-12-30-13-11-28)24(16-19-4-3-5-20(25)14-19)17-27-23-15-21(26)6-7-22(23)24/h3-7,14-15,18,27H,8-13,16-17H2,1-2H3. The third-order valence-electron chi connectivity index (χ3n) is 6.37. The lowest BCUT2D eigenvalue weighted by Gasteiger charge is -2.45. The summed E-state index contributed by atoms with van der Waals surface area (Å²) in [5.74, 6) is 0. The number of rotatable bonds is 7. The van der Waals surface area contributed by atoms with Crippen LogP contribution in [0.3, 0.4) is 0 Å². The van der Waals surface area contributed by atoms with Crippen molar-refractivity contribution in [1.82, 2.24) is 9.80 Å². The number of nitrogens with one attached hydrogen (secondary N) is 1. The van der Waals surface area contributed by atoms with Gasteiger partial charge in [-0.15, -0.1) is 0 Å². The summed E-state index contributed by atoms with van der Waals surface area (Å²) in [5.41, 5.74) is 3.57. The Balaban J connectivity index is 1.68. The lowest BCUT2D eigenvalue weighted by Crippen LogP contribution is -2.55. The zero-order chi connectivity index (χ0) is 21.1.